The Balaban J connectivity index is 1.57. The van der Waals surface area contributed by atoms with E-state index in [2.05, 4.69) is 15.4 Å². The first-order chi connectivity index (χ1) is 13.8. The lowest BCUT2D eigenvalue weighted by molar-refractivity contribution is -0.384. The number of hydrogen-bond donors (Lipinski definition) is 1. The van der Waals surface area contributed by atoms with Crippen LogP contribution in [-0.2, 0) is 16.6 Å². The molecular formula is C18H16N6O5. The van der Waals surface area contributed by atoms with Gasteiger partial charge in [0.25, 0.3) is 11.6 Å². The van der Waals surface area contributed by atoms with Gasteiger partial charge in [0.15, 0.2) is 12.3 Å². The van der Waals surface area contributed by atoms with Gasteiger partial charge in [-0.15, -0.1) is 0 Å². The van der Waals surface area contributed by atoms with Crippen molar-refractivity contribution in [1.82, 2.24) is 14.8 Å². The number of nitrogens with zero attached hydrogens (tertiary/aromatic N) is 5. The molecule has 1 aliphatic rings. The molecule has 11 heteroatoms. The summed E-state index contributed by atoms with van der Waals surface area (Å²) in [6, 6.07) is 5.66. The molecule has 0 radical (unpaired) electrons. The van der Waals surface area contributed by atoms with Gasteiger partial charge in [-0.1, -0.05) is 0 Å². The largest absolute Gasteiger partial charge is 0.482 e. The molecule has 0 saturated carbocycles. The zero-order chi connectivity index (χ0) is 20.7. The Labute approximate surface area is 164 Å². The van der Waals surface area contributed by atoms with Crippen molar-refractivity contribution in [3.63, 3.8) is 0 Å². The van der Waals surface area contributed by atoms with E-state index in [9.17, 15) is 19.7 Å². The van der Waals surface area contributed by atoms with Crippen LogP contribution in [0.1, 0.15) is 5.69 Å². The van der Waals surface area contributed by atoms with Crippen molar-refractivity contribution in [2.75, 3.05) is 23.4 Å². The summed E-state index contributed by atoms with van der Waals surface area (Å²) in [4.78, 5) is 40.8. The van der Waals surface area contributed by atoms with E-state index in [0.29, 0.717) is 17.1 Å². The van der Waals surface area contributed by atoms with Gasteiger partial charge in [0.1, 0.15) is 12.3 Å². The van der Waals surface area contributed by atoms with Crippen molar-refractivity contribution in [1.29, 1.82) is 0 Å². The van der Waals surface area contributed by atoms with Crippen molar-refractivity contribution >= 4 is 39.9 Å². The minimum Gasteiger partial charge on any atom is -0.482 e. The first-order valence-electron chi connectivity index (χ1n) is 8.64. The maximum atomic E-state index is 12.6. The van der Waals surface area contributed by atoms with Crippen LogP contribution in [0, 0.1) is 17.0 Å². The molecule has 4 rings (SSSR count). The number of nitrogens with one attached hydrogen (secondary N) is 1. The molecule has 148 valence electrons. The number of hydrogen-bond acceptors (Lipinski definition) is 7. The van der Waals surface area contributed by atoms with Crippen molar-refractivity contribution < 1.29 is 19.2 Å². The van der Waals surface area contributed by atoms with E-state index in [0.717, 1.165) is 11.1 Å². The van der Waals surface area contributed by atoms with Crippen molar-refractivity contribution in [2.45, 2.75) is 6.92 Å². The van der Waals surface area contributed by atoms with Gasteiger partial charge in [-0.05, 0) is 19.1 Å². The number of ether oxygens (including phenoxy) is 1. The summed E-state index contributed by atoms with van der Waals surface area (Å²) >= 11 is 0. The molecule has 0 fully saturated rings. The van der Waals surface area contributed by atoms with Gasteiger partial charge in [0.05, 0.1) is 28.2 Å². The van der Waals surface area contributed by atoms with E-state index in [1.165, 1.54) is 29.3 Å². The molecule has 3 aromatic rings. The van der Waals surface area contributed by atoms with Crippen LogP contribution in [0.2, 0.25) is 0 Å². The van der Waals surface area contributed by atoms with Crippen LogP contribution in [0.4, 0.5) is 17.1 Å². The number of nitro benzene ring substituents is 1. The predicted octanol–water partition coefficient (Wildman–Crippen LogP) is 1.55. The number of aryl methyl sites for hydroxylation is 2. The Morgan fingerprint density at radius 2 is 2.17 bits per heavy atom. The Kier molecular flexibility index (Phi) is 4.34. The van der Waals surface area contributed by atoms with Gasteiger partial charge in [0, 0.05) is 24.6 Å². The number of benzene rings is 1. The quantitative estimate of drug-likeness (QED) is 0.522. The van der Waals surface area contributed by atoms with Gasteiger partial charge in [-0.25, -0.2) is 4.98 Å². The zero-order valence-electron chi connectivity index (χ0n) is 15.6. The monoisotopic (exact) mass is 396 g/mol. The van der Waals surface area contributed by atoms with Gasteiger partial charge in [-0.2, -0.15) is 5.10 Å². The Morgan fingerprint density at radius 1 is 1.38 bits per heavy atom. The summed E-state index contributed by atoms with van der Waals surface area (Å²) < 4.78 is 6.94. The molecule has 1 aliphatic heterocycles. The number of nitro groups is 1. The lowest BCUT2D eigenvalue weighted by atomic mass is 10.2. The summed E-state index contributed by atoms with van der Waals surface area (Å²) in [5.74, 6) is -0.637. The normalized spacial score (nSPS) is 13.2. The average molecular weight is 396 g/mol. The second-order valence-electron chi connectivity index (χ2n) is 6.53. The van der Waals surface area contributed by atoms with Gasteiger partial charge >= 0.3 is 0 Å². The fourth-order valence-corrected chi connectivity index (χ4v) is 3.20. The maximum Gasteiger partial charge on any atom is 0.271 e. The van der Waals surface area contributed by atoms with E-state index in [-0.39, 0.29) is 24.5 Å². The zero-order valence-corrected chi connectivity index (χ0v) is 15.6. The van der Waals surface area contributed by atoms with E-state index in [4.69, 9.17) is 4.74 Å². The smallest absolute Gasteiger partial charge is 0.271 e. The number of pyridine rings is 1. The molecular weight excluding hydrogens is 380 g/mol. The fourth-order valence-electron chi connectivity index (χ4n) is 3.20. The van der Waals surface area contributed by atoms with Crippen LogP contribution in [0.15, 0.2) is 30.5 Å². The Hall–Kier alpha value is -4.02. The van der Waals surface area contributed by atoms with E-state index >= 15 is 0 Å². The average Bonchev–Trinajstić information content (AvgIpc) is 2.97. The topological polar surface area (TPSA) is 132 Å². The van der Waals surface area contributed by atoms with Crippen molar-refractivity contribution in [3.8, 4) is 5.75 Å². The second-order valence-corrected chi connectivity index (χ2v) is 6.53. The second kappa shape index (κ2) is 6.86. The minimum absolute atomic E-state index is 0.183. The SMILES string of the molecule is Cc1nn(C)c2ncc(NC(=O)CN3C(=O)COc4ccc([N+](=O)[O-])cc43)cc12. The number of carbonyl (C=O) groups excluding carboxylic acids is 2. The summed E-state index contributed by atoms with van der Waals surface area (Å²) in [6.45, 7) is 1.27. The Bertz CT molecular complexity index is 1170. The molecule has 29 heavy (non-hydrogen) atoms. The fraction of sp³-hybridized carbons (Fsp3) is 0.222. The van der Waals surface area contributed by atoms with Gasteiger partial charge in [0.2, 0.25) is 5.91 Å². The summed E-state index contributed by atoms with van der Waals surface area (Å²) in [5, 5.41) is 18.8. The number of carbonyl (C=O) groups is 2. The predicted molar refractivity (Wildman–Crippen MR) is 103 cm³/mol. The van der Waals surface area contributed by atoms with E-state index in [1.807, 2.05) is 6.92 Å². The van der Waals surface area contributed by atoms with Gasteiger partial charge < -0.3 is 10.1 Å². The minimum atomic E-state index is -0.575. The Morgan fingerprint density at radius 3 is 2.93 bits per heavy atom. The van der Waals surface area contributed by atoms with Crippen LogP contribution in [0.25, 0.3) is 11.0 Å². The van der Waals surface area contributed by atoms with E-state index < -0.39 is 16.7 Å². The molecule has 0 aliphatic carbocycles. The number of aromatic nitrogens is 3. The third-order valence-corrected chi connectivity index (χ3v) is 4.54. The standard InChI is InChI=1S/C18H16N6O5/c1-10-13-5-11(7-19-18(13)22(2)21-10)20-16(25)8-23-14-6-12(24(27)28)3-4-15(14)29-9-17(23)26/h3-7H,8-9H2,1-2H3,(H,20,25). The highest BCUT2D eigenvalue weighted by Gasteiger charge is 2.29. The number of fused-ring (bicyclic) bond motifs is 2. The molecule has 3 heterocycles. The van der Waals surface area contributed by atoms with Crippen LogP contribution < -0.4 is 15.0 Å². The highest BCUT2D eigenvalue weighted by molar-refractivity contribution is 6.05. The van der Waals surface area contributed by atoms with Crippen LogP contribution >= 0.6 is 0 Å². The highest BCUT2D eigenvalue weighted by Crippen LogP contribution is 2.35. The molecule has 2 aromatic heterocycles. The molecule has 0 spiro atoms. The maximum absolute atomic E-state index is 12.6. The van der Waals surface area contributed by atoms with Crippen LogP contribution in [0.5, 0.6) is 5.75 Å². The number of rotatable bonds is 4. The molecule has 0 bridgehead atoms. The van der Waals surface area contributed by atoms with Gasteiger partial charge in [-0.3, -0.25) is 29.3 Å². The third kappa shape index (κ3) is 3.33. The molecule has 1 aromatic carbocycles. The van der Waals surface area contributed by atoms with Crippen LogP contribution in [-0.4, -0.2) is 44.7 Å². The molecule has 0 saturated heterocycles. The van der Waals surface area contributed by atoms with Crippen molar-refractivity contribution in [3.05, 3.63) is 46.3 Å². The van der Waals surface area contributed by atoms with Crippen LogP contribution in [0.3, 0.4) is 0 Å². The first kappa shape index (κ1) is 18.3. The number of non-ortho nitro benzene ring substituents is 1. The molecule has 2 amide bonds. The molecule has 1 N–H and O–H groups in total. The summed E-state index contributed by atoms with van der Waals surface area (Å²) in [7, 11) is 1.78. The highest BCUT2D eigenvalue weighted by atomic mass is 16.6. The van der Waals surface area contributed by atoms with E-state index in [1.54, 1.807) is 17.8 Å². The number of anilines is 2. The lowest BCUT2D eigenvalue weighted by Crippen LogP contribution is -2.43. The molecule has 11 nitrogen and oxygen atoms in total. The number of amides is 2. The summed E-state index contributed by atoms with van der Waals surface area (Å²) in [6.07, 6.45) is 1.50. The van der Waals surface area contributed by atoms with Crippen molar-refractivity contribution in [2.24, 2.45) is 7.05 Å². The molecule has 0 atom stereocenters. The lowest BCUT2D eigenvalue weighted by Gasteiger charge is -2.28. The third-order valence-electron chi connectivity index (χ3n) is 4.54. The summed E-state index contributed by atoms with van der Waals surface area (Å²) in [5.41, 5.74) is 1.90. The first-order valence-corrected chi connectivity index (χ1v) is 8.64. The molecule has 0 unspecified atom stereocenters.